The van der Waals surface area contributed by atoms with Gasteiger partial charge in [-0.3, -0.25) is 0 Å². The Labute approximate surface area is 171 Å². The van der Waals surface area contributed by atoms with E-state index in [1.807, 2.05) is 6.92 Å². The smallest absolute Gasteiger partial charge is 0.416 e. The standard InChI is InChI=1S/C20H20F4N2O2S/c1-4-26(3)19(29)25-17-8-12(2)15(10-16(17)21)18(27)28-11-13-6-5-7-14(9-13)20(22,23)24/h5-10H,4,11H2,1-3H3,(H,25,29). The van der Waals surface area contributed by atoms with Gasteiger partial charge in [-0.05, 0) is 61.5 Å². The van der Waals surface area contributed by atoms with Crippen LogP contribution in [0.15, 0.2) is 36.4 Å². The Bertz CT molecular complexity index is 916. The maximum atomic E-state index is 14.4. The van der Waals surface area contributed by atoms with E-state index in [-0.39, 0.29) is 23.4 Å². The number of halogens is 4. The molecular formula is C20H20F4N2O2S. The summed E-state index contributed by atoms with van der Waals surface area (Å²) in [5, 5.41) is 3.09. The fourth-order valence-corrected chi connectivity index (χ4v) is 2.65. The maximum absolute atomic E-state index is 14.4. The summed E-state index contributed by atoms with van der Waals surface area (Å²) < 4.78 is 57.7. The molecule has 0 radical (unpaired) electrons. The van der Waals surface area contributed by atoms with Crippen molar-refractivity contribution in [3.63, 3.8) is 0 Å². The molecule has 0 heterocycles. The molecule has 2 rings (SSSR count). The van der Waals surface area contributed by atoms with Crippen molar-refractivity contribution in [2.24, 2.45) is 0 Å². The average molecular weight is 428 g/mol. The predicted octanol–water partition coefficient (Wildman–Crippen LogP) is 5.16. The summed E-state index contributed by atoms with van der Waals surface area (Å²) in [7, 11) is 1.75. The van der Waals surface area contributed by atoms with Crippen LogP contribution < -0.4 is 5.32 Å². The number of rotatable bonds is 5. The lowest BCUT2D eigenvalue weighted by atomic mass is 10.1. The monoisotopic (exact) mass is 428 g/mol. The lowest BCUT2D eigenvalue weighted by Gasteiger charge is -2.20. The number of aryl methyl sites for hydroxylation is 1. The van der Waals surface area contributed by atoms with E-state index < -0.39 is 23.5 Å². The van der Waals surface area contributed by atoms with Crippen LogP contribution in [0.3, 0.4) is 0 Å². The van der Waals surface area contributed by atoms with Crippen LogP contribution in [0.4, 0.5) is 23.2 Å². The first kappa shape index (κ1) is 22.6. The van der Waals surface area contributed by atoms with Crippen molar-refractivity contribution in [2.75, 3.05) is 18.9 Å². The van der Waals surface area contributed by atoms with Gasteiger partial charge in [0.25, 0.3) is 0 Å². The first-order chi connectivity index (χ1) is 13.5. The van der Waals surface area contributed by atoms with Crippen molar-refractivity contribution < 1.29 is 27.1 Å². The molecule has 0 atom stereocenters. The van der Waals surface area contributed by atoms with Crippen LogP contribution in [0.25, 0.3) is 0 Å². The number of anilines is 1. The van der Waals surface area contributed by atoms with E-state index >= 15 is 0 Å². The van der Waals surface area contributed by atoms with Gasteiger partial charge in [-0.15, -0.1) is 0 Å². The first-order valence-electron chi connectivity index (χ1n) is 8.68. The summed E-state index contributed by atoms with van der Waals surface area (Å²) in [6.45, 7) is 3.75. The Morgan fingerprint density at radius 1 is 1.24 bits per heavy atom. The fraction of sp³-hybridized carbons (Fsp3) is 0.300. The number of carbonyl (C=O) groups is 1. The number of nitrogens with one attached hydrogen (secondary N) is 1. The highest BCUT2D eigenvalue weighted by molar-refractivity contribution is 7.80. The van der Waals surface area contributed by atoms with Crippen molar-refractivity contribution in [3.05, 3.63) is 64.5 Å². The second-order valence-electron chi connectivity index (χ2n) is 6.37. The summed E-state index contributed by atoms with van der Waals surface area (Å²) in [6, 6.07) is 6.91. The Kier molecular flexibility index (Phi) is 7.18. The van der Waals surface area contributed by atoms with Gasteiger partial charge in [0.15, 0.2) is 5.11 Å². The van der Waals surface area contributed by atoms with Crippen LogP contribution in [0, 0.1) is 12.7 Å². The highest BCUT2D eigenvalue weighted by atomic mass is 32.1. The van der Waals surface area contributed by atoms with Gasteiger partial charge in [0, 0.05) is 13.6 Å². The molecule has 29 heavy (non-hydrogen) atoms. The molecule has 9 heteroatoms. The van der Waals surface area contributed by atoms with Crippen LogP contribution >= 0.6 is 12.2 Å². The average Bonchev–Trinajstić information content (AvgIpc) is 2.67. The molecule has 1 N–H and O–H groups in total. The summed E-state index contributed by atoms with van der Waals surface area (Å²) in [4.78, 5) is 14.0. The largest absolute Gasteiger partial charge is 0.457 e. The minimum Gasteiger partial charge on any atom is -0.457 e. The zero-order chi connectivity index (χ0) is 21.8. The van der Waals surface area contributed by atoms with Crippen molar-refractivity contribution in [1.82, 2.24) is 4.90 Å². The molecule has 156 valence electrons. The van der Waals surface area contributed by atoms with Gasteiger partial charge in [-0.25, -0.2) is 9.18 Å². The number of carbonyl (C=O) groups excluding carboxylic acids is 1. The van der Waals surface area contributed by atoms with E-state index in [9.17, 15) is 22.4 Å². The normalized spacial score (nSPS) is 11.1. The van der Waals surface area contributed by atoms with E-state index in [0.29, 0.717) is 17.2 Å². The Hall–Kier alpha value is -2.68. The fourth-order valence-electron chi connectivity index (χ4n) is 2.42. The third-order valence-corrected chi connectivity index (χ3v) is 4.63. The number of nitrogens with zero attached hydrogens (tertiary/aromatic N) is 1. The molecule has 0 aromatic heterocycles. The van der Waals surface area contributed by atoms with Gasteiger partial charge in [-0.1, -0.05) is 12.1 Å². The second-order valence-corrected chi connectivity index (χ2v) is 6.75. The van der Waals surface area contributed by atoms with E-state index in [0.717, 1.165) is 18.2 Å². The zero-order valence-corrected chi connectivity index (χ0v) is 16.9. The van der Waals surface area contributed by atoms with Crippen molar-refractivity contribution in [2.45, 2.75) is 26.6 Å². The highest BCUT2D eigenvalue weighted by Crippen LogP contribution is 2.29. The van der Waals surface area contributed by atoms with E-state index in [2.05, 4.69) is 5.32 Å². The third kappa shape index (κ3) is 5.90. The Balaban J connectivity index is 2.12. The van der Waals surface area contributed by atoms with Crippen molar-refractivity contribution >= 4 is 29.0 Å². The lowest BCUT2D eigenvalue weighted by molar-refractivity contribution is -0.137. The number of hydrogen-bond acceptors (Lipinski definition) is 3. The quantitative estimate of drug-likeness (QED) is 0.405. The van der Waals surface area contributed by atoms with Crippen LogP contribution in [-0.2, 0) is 17.5 Å². The summed E-state index contributed by atoms with van der Waals surface area (Å²) >= 11 is 5.15. The van der Waals surface area contributed by atoms with Gasteiger partial charge < -0.3 is 15.0 Å². The number of thiocarbonyl (C=S) groups is 1. The summed E-state index contributed by atoms with van der Waals surface area (Å²) in [5.41, 5.74) is -0.129. The molecule has 0 saturated heterocycles. The molecule has 0 bridgehead atoms. The number of ether oxygens (including phenoxy) is 1. The topological polar surface area (TPSA) is 41.6 Å². The molecule has 0 aliphatic heterocycles. The van der Waals surface area contributed by atoms with Crippen molar-refractivity contribution in [3.8, 4) is 0 Å². The molecule has 2 aromatic rings. The number of esters is 1. The molecule has 0 spiro atoms. The molecule has 0 saturated carbocycles. The zero-order valence-electron chi connectivity index (χ0n) is 16.1. The highest BCUT2D eigenvalue weighted by Gasteiger charge is 2.30. The first-order valence-corrected chi connectivity index (χ1v) is 9.09. The molecule has 0 fully saturated rings. The second kappa shape index (κ2) is 9.21. The van der Waals surface area contributed by atoms with Gasteiger partial charge >= 0.3 is 12.1 Å². The summed E-state index contributed by atoms with van der Waals surface area (Å²) in [5.74, 6) is -1.54. The minimum atomic E-state index is -4.49. The van der Waals surface area contributed by atoms with Gasteiger partial charge in [0.1, 0.15) is 12.4 Å². The van der Waals surface area contributed by atoms with Crippen LogP contribution in [0.2, 0.25) is 0 Å². The lowest BCUT2D eigenvalue weighted by Crippen LogP contribution is -2.31. The number of alkyl halides is 3. The number of benzene rings is 2. The van der Waals surface area contributed by atoms with E-state index in [1.165, 1.54) is 18.2 Å². The van der Waals surface area contributed by atoms with Crippen LogP contribution in [0.5, 0.6) is 0 Å². The SMILES string of the molecule is CCN(C)C(=S)Nc1cc(C)c(C(=O)OCc2cccc(C(F)(F)F)c2)cc1F. The molecular weight excluding hydrogens is 408 g/mol. The third-order valence-electron chi connectivity index (χ3n) is 4.22. The predicted molar refractivity (Wildman–Crippen MR) is 106 cm³/mol. The molecule has 0 amide bonds. The maximum Gasteiger partial charge on any atom is 0.416 e. The molecule has 4 nitrogen and oxygen atoms in total. The van der Waals surface area contributed by atoms with E-state index in [1.54, 1.807) is 18.9 Å². The number of hydrogen-bond donors (Lipinski definition) is 1. The van der Waals surface area contributed by atoms with Crippen molar-refractivity contribution in [1.29, 1.82) is 0 Å². The summed E-state index contributed by atoms with van der Waals surface area (Å²) in [6.07, 6.45) is -4.49. The van der Waals surface area contributed by atoms with Gasteiger partial charge in [-0.2, -0.15) is 13.2 Å². The molecule has 0 aliphatic carbocycles. The van der Waals surface area contributed by atoms with Gasteiger partial charge in [0.2, 0.25) is 0 Å². The van der Waals surface area contributed by atoms with Crippen LogP contribution in [-0.4, -0.2) is 29.6 Å². The molecule has 0 unspecified atom stereocenters. The minimum absolute atomic E-state index is 0.0187. The molecule has 0 aliphatic rings. The Morgan fingerprint density at radius 3 is 2.55 bits per heavy atom. The van der Waals surface area contributed by atoms with Crippen LogP contribution in [0.1, 0.15) is 34.0 Å². The van der Waals surface area contributed by atoms with E-state index in [4.69, 9.17) is 17.0 Å². The van der Waals surface area contributed by atoms with Gasteiger partial charge in [0.05, 0.1) is 16.8 Å². The molecule has 2 aromatic carbocycles. The Morgan fingerprint density at radius 2 is 1.93 bits per heavy atom.